The molecule has 114 valence electrons. The largest absolute Gasteiger partial charge is 0.400 e. The number of hydrogen-bond donors (Lipinski definition) is 1. The Morgan fingerprint density at radius 3 is 2.68 bits per heavy atom. The SMILES string of the molecule is C=C1C2=C(C(F)=C(N)CC2)C(C)(C)c2cccc(/C=C\C)c21. The Labute approximate surface area is 131 Å². The van der Waals surface area contributed by atoms with Crippen molar-refractivity contribution >= 4 is 11.6 Å². The molecule has 2 aliphatic rings. The standard InChI is InChI=1S/C20H22FN/c1-5-7-13-8-6-9-15-17(13)12(2)14-10-11-16(22)19(21)18(14)20(15,3)4/h5-9H,2,10-11,22H2,1,3-4H3/b7-5-. The zero-order valence-corrected chi connectivity index (χ0v) is 13.5. The van der Waals surface area contributed by atoms with E-state index in [1.807, 2.05) is 19.1 Å². The van der Waals surface area contributed by atoms with Gasteiger partial charge in [-0.1, -0.05) is 50.8 Å². The van der Waals surface area contributed by atoms with E-state index < -0.39 is 5.41 Å². The smallest absolute Gasteiger partial charge is 0.146 e. The van der Waals surface area contributed by atoms with Crippen molar-refractivity contribution < 1.29 is 4.39 Å². The Kier molecular flexibility index (Phi) is 3.36. The Morgan fingerprint density at radius 1 is 1.27 bits per heavy atom. The van der Waals surface area contributed by atoms with Crippen LogP contribution in [0.25, 0.3) is 11.6 Å². The summed E-state index contributed by atoms with van der Waals surface area (Å²) in [5, 5.41) is 0. The van der Waals surface area contributed by atoms with Gasteiger partial charge in [0, 0.05) is 16.7 Å². The summed E-state index contributed by atoms with van der Waals surface area (Å²) in [5.41, 5.74) is 12.0. The van der Waals surface area contributed by atoms with E-state index >= 15 is 0 Å². The van der Waals surface area contributed by atoms with Crippen LogP contribution in [0.4, 0.5) is 4.39 Å². The summed E-state index contributed by atoms with van der Waals surface area (Å²) < 4.78 is 14.8. The first kappa shape index (κ1) is 14.8. The fourth-order valence-electron chi connectivity index (χ4n) is 3.77. The van der Waals surface area contributed by atoms with Gasteiger partial charge in [0.1, 0.15) is 5.83 Å². The first-order valence-electron chi connectivity index (χ1n) is 7.73. The van der Waals surface area contributed by atoms with Gasteiger partial charge in [-0.15, -0.1) is 0 Å². The van der Waals surface area contributed by atoms with Gasteiger partial charge < -0.3 is 5.73 Å². The van der Waals surface area contributed by atoms with Crippen LogP contribution >= 0.6 is 0 Å². The Bertz CT molecular complexity index is 760. The molecule has 0 saturated carbocycles. The molecule has 0 heterocycles. The third-order valence-electron chi connectivity index (χ3n) is 4.85. The number of halogens is 1. The molecule has 0 aliphatic heterocycles. The average Bonchev–Trinajstić information content (AvgIpc) is 2.48. The lowest BCUT2D eigenvalue weighted by atomic mass is 9.64. The molecule has 0 radical (unpaired) electrons. The maximum absolute atomic E-state index is 14.8. The van der Waals surface area contributed by atoms with Crippen LogP contribution < -0.4 is 5.73 Å². The van der Waals surface area contributed by atoms with Gasteiger partial charge in [-0.25, -0.2) is 4.39 Å². The number of fused-ring (bicyclic) bond motifs is 1. The van der Waals surface area contributed by atoms with E-state index in [1.165, 1.54) is 0 Å². The number of nitrogens with two attached hydrogens (primary N) is 1. The average molecular weight is 295 g/mol. The molecule has 2 heteroatoms. The highest BCUT2D eigenvalue weighted by Gasteiger charge is 2.41. The summed E-state index contributed by atoms with van der Waals surface area (Å²) in [6.45, 7) is 10.4. The van der Waals surface area contributed by atoms with E-state index in [1.54, 1.807) is 0 Å². The number of benzene rings is 1. The molecule has 1 aromatic carbocycles. The quantitative estimate of drug-likeness (QED) is 0.752. The number of hydrogen-bond acceptors (Lipinski definition) is 1. The molecule has 0 atom stereocenters. The topological polar surface area (TPSA) is 26.0 Å². The summed E-state index contributed by atoms with van der Waals surface area (Å²) in [5.74, 6) is -0.241. The normalized spacial score (nSPS) is 20.5. The van der Waals surface area contributed by atoms with Crippen molar-refractivity contribution in [2.24, 2.45) is 5.73 Å². The van der Waals surface area contributed by atoms with Crippen LogP contribution in [-0.2, 0) is 5.41 Å². The minimum Gasteiger partial charge on any atom is -0.400 e. The number of allylic oxidation sites excluding steroid dienone is 6. The van der Waals surface area contributed by atoms with Gasteiger partial charge in [-0.2, -0.15) is 0 Å². The van der Waals surface area contributed by atoms with Gasteiger partial charge in [0.25, 0.3) is 0 Å². The highest BCUT2D eigenvalue weighted by molar-refractivity contribution is 5.90. The molecule has 0 fully saturated rings. The monoisotopic (exact) mass is 295 g/mol. The van der Waals surface area contributed by atoms with Crippen molar-refractivity contribution in [3.63, 3.8) is 0 Å². The van der Waals surface area contributed by atoms with Crippen LogP contribution in [0.3, 0.4) is 0 Å². The molecular formula is C20H22FN. The van der Waals surface area contributed by atoms with Gasteiger partial charge in [0.2, 0.25) is 0 Å². The van der Waals surface area contributed by atoms with E-state index in [9.17, 15) is 4.39 Å². The van der Waals surface area contributed by atoms with Crippen LogP contribution in [0, 0.1) is 0 Å². The minimum atomic E-state index is -0.404. The van der Waals surface area contributed by atoms with Crippen LogP contribution in [0.5, 0.6) is 0 Å². The lowest BCUT2D eigenvalue weighted by molar-refractivity contribution is 0.522. The van der Waals surface area contributed by atoms with Crippen molar-refractivity contribution in [1.82, 2.24) is 0 Å². The van der Waals surface area contributed by atoms with Crippen molar-refractivity contribution in [3.05, 3.63) is 70.2 Å². The number of rotatable bonds is 1. The Balaban J connectivity index is 2.34. The van der Waals surface area contributed by atoms with Crippen molar-refractivity contribution in [2.75, 3.05) is 0 Å². The summed E-state index contributed by atoms with van der Waals surface area (Å²) in [7, 11) is 0. The molecule has 22 heavy (non-hydrogen) atoms. The molecule has 0 unspecified atom stereocenters. The molecule has 3 rings (SSSR count). The molecule has 0 bridgehead atoms. The summed E-state index contributed by atoms with van der Waals surface area (Å²) in [6.07, 6.45) is 5.45. The second-order valence-corrected chi connectivity index (χ2v) is 6.57. The summed E-state index contributed by atoms with van der Waals surface area (Å²) >= 11 is 0. The van der Waals surface area contributed by atoms with Crippen molar-refractivity contribution in [3.8, 4) is 0 Å². The van der Waals surface area contributed by atoms with Crippen LogP contribution in [-0.4, -0.2) is 0 Å². The molecule has 1 nitrogen and oxygen atoms in total. The molecule has 0 amide bonds. The lowest BCUT2D eigenvalue weighted by Gasteiger charge is -2.40. The fraction of sp³-hybridized carbons (Fsp3) is 0.300. The maximum Gasteiger partial charge on any atom is 0.146 e. The third kappa shape index (κ3) is 1.90. The summed E-state index contributed by atoms with van der Waals surface area (Å²) in [6, 6.07) is 6.20. The molecule has 0 spiro atoms. The highest BCUT2D eigenvalue weighted by atomic mass is 19.1. The van der Waals surface area contributed by atoms with Gasteiger partial charge in [0.05, 0.1) is 0 Å². The first-order chi connectivity index (χ1) is 10.4. The molecule has 1 aromatic rings. The Morgan fingerprint density at radius 2 is 2.00 bits per heavy atom. The molecule has 0 aromatic heterocycles. The van der Waals surface area contributed by atoms with E-state index in [-0.39, 0.29) is 5.83 Å². The van der Waals surface area contributed by atoms with Crippen LogP contribution in [0.15, 0.2) is 53.5 Å². The highest BCUT2D eigenvalue weighted by Crippen LogP contribution is 2.52. The van der Waals surface area contributed by atoms with Gasteiger partial charge in [-0.3, -0.25) is 0 Å². The Hall–Kier alpha value is -2.09. The minimum absolute atomic E-state index is 0.241. The molecule has 2 N–H and O–H groups in total. The second-order valence-electron chi connectivity index (χ2n) is 6.57. The first-order valence-corrected chi connectivity index (χ1v) is 7.73. The van der Waals surface area contributed by atoms with E-state index in [0.717, 1.165) is 39.8 Å². The van der Waals surface area contributed by atoms with E-state index in [2.05, 4.69) is 38.6 Å². The van der Waals surface area contributed by atoms with Crippen molar-refractivity contribution in [1.29, 1.82) is 0 Å². The predicted octanol–water partition coefficient (Wildman–Crippen LogP) is 5.25. The fourth-order valence-corrected chi connectivity index (χ4v) is 3.77. The predicted molar refractivity (Wildman–Crippen MR) is 91.8 cm³/mol. The van der Waals surface area contributed by atoms with Crippen molar-refractivity contribution in [2.45, 2.75) is 39.0 Å². The molecule has 2 aliphatic carbocycles. The van der Waals surface area contributed by atoms with Crippen LogP contribution in [0.1, 0.15) is 50.3 Å². The van der Waals surface area contributed by atoms with E-state index in [4.69, 9.17) is 5.73 Å². The summed E-state index contributed by atoms with van der Waals surface area (Å²) in [4.78, 5) is 0. The van der Waals surface area contributed by atoms with Crippen LogP contribution in [0.2, 0.25) is 0 Å². The van der Waals surface area contributed by atoms with E-state index in [0.29, 0.717) is 12.1 Å². The zero-order chi connectivity index (χ0) is 16.1. The maximum atomic E-state index is 14.8. The van der Waals surface area contributed by atoms with Gasteiger partial charge in [-0.05, 0) is 47.6 Å². The van der Waals surface area contributed by atoms with Gasteiger partial charge >= 0.3 is 0 Å². The third-order valence-corrected chi connectivity index (χ3v) is 4.85. The lowest BCUT2D eigenvalue weighted by Crippen LogP contribution is -2.31. The zero-order valence-electron chi connectivity index (χ0n) is 13.5. The molecular weight excluding hydrogens is 273 g/mol. The molecule has 0 saturated heterocycles. The van der Waals surface area contributed by atoms with Gasteiger partial charge in [0.15, 0.2) is 0 Å². The second kappa shape index (κ2) is 4.98.